The summed E-state index contributed by atoms with van der Waals surface area (Å²) in [6, 6.07) is 7.88. The van der Waals surface area contributed by atoms with E-state index in [1.165, 1.54) is 12.1 Å². The Morgan fingerprint density at radius 2 is 1.92 bits per heavy atom. The molecule has 25 heavy (non-hydrogen) atoms. The van der Waals surface area contributed by atoms with Crippen molar-refractivity contribution >= 4 is 23.6 Å². The zero-order valence-corrected chi connectivity index (χ0v) is 13.9. The molecule has 1 heterocycles. The van der Waals surface area contributed by atoms with Gasteiger partial charge < -0.3 is 19.9 Å². The number of carbonyl (C=O) groups is 1. The van der Waals surface area contributed by atoms with E-state index in [-0.39, 0.29) is 41.2 Å². The number of phenolic OH excluding ortho intramolecular Hbond substituents is 1. The second-order valence-corrected chi connectivity index (χ2v) is 5.43. The van der Waals surface area contributed by atoms with E-state index in [0.29, 0.717) is 0 Å². The zero-order chi connectivity index (χ0) is 18.2. The van der Waals surface area contributed by atoms with Crippen molar-refractivity contribution in [2.24, 2.45) is 0 Å². The standard InChI is InChI=1S/C18H16ClNO5/c19-17-15(22)11-14(25-18(17)24)9-10-20-16(23)4-2-1-3-12-5-7-13(21)8-6-12/h1-8,11,21-22H,9-10H2,(H,20,23)/b3-1+,4-2+. The van der Waals surface area contributed by atoms with Crippen LogP contribution in [0.4, 0.5) is 0 Å². The van der Waals surface area contributed by atoms with Crippen LogP contribution in [0, 0.1) is 0 Å². The van der Waals surface area contributed by atoms with Crippen molar-refractivity contribution in [3.05, 3.63) is 75.3 Å². The molecular weight excluding hydrogens is 346 g/mol. The van der Waals surface area contributed by atoms with E-state index in [2.05, 4.69) is 5.32 Å². The fourth-order valence-corrected chi connectivity index (χ4v) is 1.99. The number of carbonyl (C=O) groups excluding carboxylic acids is 1. The lowest BCUT2D eigenvalue weighted by Crippen LogP contribution is -2.23. The number of rotatable bonds is 6. The van der Waals surface area contributed by atoms with Gasteiger partial charge in [-0.1, -0.05) is 42.0 Å². The minimum absolute atomic E-state index is 0.192. The predicted molar refractivity (Wildman–Crippen MR) is 94.6 cm³/mol. The maximum atomic E-state index is 11.6. The summed E-state index contributed by atoms with van der Waals surface area (Å²) in [7, 11) is 0. The van der Waals surface area contributed by atoms with E-state index in [0.717, 1.165) is 5.56 Å². The molecule has 0 saturated heterocycles. The molecule has 0 atom stereocenters. The lowest BCUT2D eigenvalue weighted by atomic mass is 10.2. The number of hydrogen-bond donors (Lipinski definition) is 3. The van der Waals surface area contributed by atoms with Gasteiger partial charge >= 0.3 is 5.63 Å². The molecule has 0 fully saturated rings. The number of halogens is 1. The average molecular weight is 362 g/mol. The highest BCUT2D eigenvalue weighted by atomic mass is 35.5. The maximum Gasteiger partial charge on any atom is 0.358 e. The van der Waals surface area contributed by atoms with E-state index < -0.39 is 5.63 Å². The number of aromatic hydroxyl groups is 2. The highest BCUT2D eigenvalue weighted by Crippen LogP contribution is 2.19. The van der Waals surface area contributed by atoms with Gasteiger partial charge in [0, 0.05) is 25.1 Å². The maximum absolute atomic E-state index is 11.6. The second-order valence-electron chi connectivity index (χ2n) is 5.05. The largest absolute Gasteiger partial charge is 0.508 e. The topological polar surface area (TPSA) is 99.8 Å². The van der Waals surface area contributed by atoms with Gasteiger partial charge in [0.2, 0.25) is 5.91 Å². The molecule has 0 saturated carbocycles. The molecule has 0 aliphatic carbocycles. The Hall–Kier alpha value is -2.99. The van der Waals surface area contributed by atoms with Gasteiger partial charge in [-0.2, -0.15) is 0 Å². The van der Waals surface area contributed by atoms with Crippen LogP contribution >= 0.6 is 11.6 Å². The SMILES string of the molecule is O=C(/C=C/C=C/c1ccc(O)cc1)NCCc1cc(O)c(Cl)c(=O)o1. The number of nitrogens with one attached hydrogen (secondary N) is 1. The first-order valence-corrected chi connectivity index (χ1v) is 7.76. The van der Waals surface area contributed by atoms with E-state index in [4.69, 9.17) is 16.0 Å². The van der Waals surface area contributed by atoms with Crippen LogP contribution in [-0.4, -0.2) is 22.7 Å². The summed E-state index contributed by atoms with van der Waals surface area (Å²) in [6.45, 7) is 0.231. The van der Waals surface area contributed by atoms with Crippen molar-refractivity contribution in [2.75, 3.05) is 6.54 Å². The summed E-state index contributed by atoms with van der Waals surface area (Å²) < 4.78 is 4.88. The van der Waals surface area contributed by atoms with E-state index in [1.54, 1.807) is 42.5 Å². The summed E-state index contributed by atoms with van der Waals surface area (Å²) in [4.78, 5) is 22.9. The highest BCUT2D eigenvalue weighted by Gasteiger charge is 2.08. The second kappa shape index (κ2) is 8.75. The van der Waals surface area contributed by atoms with Crippen LogP contribution in [-0.2, 0) is 11.2 Å². The van der Waals surface area contributed by atoms with Gasteiger partial charge in [-0.05, 0) is 17.7 Å². The van der Waals surface area contributed by atoms with E-state index >= 15 is 0 Å². The van der Waals surface area contributed by atoms with Gasteiger partial charge in [0.1, 0.15) is 17.3 Å². The minimum Gasteiger partial charge on any atom is -0.508 e. The van der Waals surface area contributed by atoms with Crippen molar-refractivity contribution in [3.8, 4) is 11.5 Å². The van der Waals surface area contributed by atoms with Crippen molar-refractivity contribution < 1.29 is 19.4 Å². The van der Waals surface area contributed by atoms with Crippen LogP contribution in [0.1, 0.15) is 11.3 Å². The third-order valence-electron chi connectivity index (χ3n) is 3.14. The number of amides is 1. The molecule has 2 rings (SSSR count). The molecule has 1 aromatic heterocycles. The minimum atomic E-state index is -0.817. The summed E-state index contributed by atoms with van der Waals surface area (Å²) in [5, 5.41) is 20.9. The molecule has 0 aliphatic heterocycles. The van der Waals surface area contributed by atoms with Gasteiger partial charge in [-0.15, -0.1) is 0 Å². The zero-order valence-electron chi connectivity index (χ0n) is 13.1. The summed E-state index contributed by atoms with van der Waals surface area (Å²) in [5.41, 5.74) is 0.0719. The Morgan fingerprint density at radius 3 is 2.60 bits per heavy atom. The van der Waals surface area contributed by atoms with Crippen LogP contribution in [0.15, 0.2) is 57.8 Å². The molecule has 1 amide bonds. The number of phenols is 1. The number of allylic oxidation sites excluding steroid dienone is 2. The molecule has 0 spiro atoms. The van der Waals surface area contributed by atoms with Crippen LogP contribution in [0.5, 0.6) is 11.5 Å². The first kappa shape index (κ1) is 18.4. The number of benzene rings is 1. The van der Waals surface area contributed by atoms with Crippen LogP contribution in [0.2, 0.25) is 5.02 Å². The van der Waals surface area contributed by atoms with Gasteiger partial charge in [0.25, 0.3) is 0 Å². The third-order valence-corrected chi connectivity index (χ3v) is 3.48. The molecule has 0 radical (unpaired) electrons. The van der Waals surface area contributed by atoms with Gasteiger partial charge in [-0.25, -0.2) is 4.79 Å². The molecule has 0 bridgehead atoms. The molecule has 1 aromatic carbocycles. The summed E-state index contributed by atoms with van der Waals surface area (Å²) in [5.74, 6) is -0.241. The molecule has 0 unspecified atom stereocenters. The van der Waals surface area contributed by atoms with Crippen molar-refractivity contribution in [2.45, 2.75) is 6.42 Å². The first-order chi connectivity index (χ1) is 12.0. The summed E-state index contributed by atoms with van der Waals surface area (Å²) >= 11 is 5.50. The van der Waals surface area contributed by atoms with Crippen molar-refractivity contribution in [1.29, 1.82) is 0 Å². The summed E-state index contributed by atoms with van der Waals surface area (Å²) in [6.07, 6.45) is 6.66. The number of hydrogen-bond acceptors (Lipinski definition) is 5. The van der Waals surface area contributed by atoms with Crippen LogP contribution in [0.25, 0.3) is 6.08 Å². The lowest BCUT2D eigenvalue weighted by Gasteiger charge is -2.03. The highest BCUT2D eigenvalue weighted by molar-refractivity contribution is 6.31. The quantitative estimate of drug-likeness (QED) is 0.542. The monoisotopic (exact) mass is 361 g/mol. The molecule has 6 nitrogen and oxygen atoms in total. The Balaban J connectivity index is 1.78. The van der Waals surface area contributed by atoms with Gasteiger partial charge in [-0.3, -0.25) is 4.79 Å². The average Bonchev–Trinajstić information content (AvgIpc) is 2.58. The molecular formula is C18H16ClNO5. The molecule has 0 aliphatic rings. The molecule has 130 valence electrons. The van der Waals surface area contributed by atoms with Gasteiger partial charge in [0.15, 0.2) is 5.02 Å². The Labute approximate surface area is 148 Å². The Morgan fingerprint density at radius 1 is 1.20 bits per heavy atom. The first-order valence-electron chi connectivity index (χ1n) is 7.39. The fraction of sp³-hybridized carbons (Fsp3) is 0.111. The van der Waals surface area contributed by atoms with Gasteiger partial charge in [0.05, 0.1) is 0 Å². The van der Waals surface area contributed by atoms with E-state index in [1.807, 2.05) is 0 Å². The fourth-order valence-electron chi connectivity index (χ4n) is 1.90. The normalized spacial score (nSPS) is 11.2. The predicted octanol–water partition coefficient (Wildman–Crippen LogP) is 2.63. The van der Waals surface area contributed by atoms with Crippen molar-refractivity contribution in [1.82, 2.24) is 5.32 Å². The van der Waals surface area contributed by atoms with E-state index in [9.17, 15) is 19.8 Å². The Bertz CT molecular complexity index is 853. The molecule has 2 aromatic rings. The Kier molecular flexibility index (Phi) is 6.42. The molecule has 3 N–H and O–H groups in total. The third kappa shape index (κ3) is 5.86. The smallest absolute Gasteiger partial charge is 0.358 e. The van der Waals surface area contributed by atoms with Crippen molar-refractivity contribution in [3.63, 3.8) is 0 Å². The van der Waals surface area contributed by atoms with Crippen LogP contribution in [0.3, 0.4) is 0 Å². The van der Waals surface area contributed by atoms with Crippen LogP contribution < -0.4 is 10.9 Å². The lowest BCUT2D eigenvalue weighted by molar-refractivity contribution is -0.116. The molecule has 7 heteroatoms.